The second-order valence-corrected chi connectivity index (χ2v) is 2.80. The van der Waals surface area contributed by atoms with Crippen molar-refractivity contribution in [3.8, 4) is 5.75 Å². The Morgan fingerprint density at radius 2 is 2.15 bits per heavy atom. The van der Waals surface area contributed by atoms with Gasteiger partial charge in [-0.15, -0.1) is 0 Å². The molecule has 1 aromatic heterocycles. The fourth-order valence-electron chi connectivity index (χ4n) is 1.10. The summed E-state index contributed by atoms with van der Waals surface area (Å²) in [7, 11) is 1.60. The standard InChI is InChI=1S/C10H15NO2/c1-4-9-10(13-7-12-3)6-5-8(2)11-9/h5-6H,4,7H2,1-3H3. The van der Waals surface area contributed by atoms with Crippen molar-refractivity contribution in [2.75, 3.05) is 13.9 Å². The average molecular weight is 181 g/mol. The minimum Gasteiger partial charge on any atom is -0.466 e. The van der Waals surface area contributed by atoms with Gasteiger partial charge in [-0.2, -0.15) is 0 Å². The Hall–Kier alpha value is -1.09. The molecule has 1 heterocycles. The first-order chi connectivity index (χ1) is 6.27. The van der Waals surface area contributed by atoms with Crippen LogP contribution in [0.5, 0.6) is 5.75 Å². The smallest absolute Gasteiger partial charge is 0.188 e. The third kappa shape index (κ3) is 2.70. The molecular formula is C10H15NO2. The van der Waals surface area contributed by atoms with Crippen molar-refractivity contribution in [2.45, 2.75) is 20.3 Å². The predicted molar refractivity (Wildman–Crippen MR) is 50.9 cm³/mol. The van der Waals surface area contributed by atoms with Crippen molar-refractivity contribution in [1.82, 2.24) is 4.98 Å². The summed E-state index contributed by atoms with van der Waals surface area (Å²) in [6.07, 6.45) is 0.876. The van der Waals surface area contributed by atoms with E-state index >= 15 is 0 Å². The van der Waals surface area contributed by atoms with E-state index in [1.165, 1.54) is 0 Å². The van der Waals surface area contributed by atoms with Crippen LogP contribution in [0.3, 0.4) is 0 Å². The van der Waals surface area contributed by atoms with E-state index in [4.69, 9.17) is 9.47 Å². The second-order valence-electron chi connectivity index (χ2n) is 2.80. The summed E-state index contributed by atoms with van der Waals surface area (Å²) in [6.45, 7) is 4.30. The molecule has 0 saturated carbocycles. The van der Waals surface area contributed by atoms with Crippen LogP contribution in [0.25, 0.3) is 0 Å². The Morgan fingerprint density at radius 1 is 1.38 bits per heavy atom. The Bertz CT molecular complexity index is 274. The van der Waals surface area contributed by atoms with Gasteiger partial charge in [-0.25, -0.2) is 0 Å². The van der Waals surface area contributed by atoms with Crippen molar-refractivity contribution in [1.29, 1.82) is 0 Å². The normalized spacial score (nSPS) is 10.1. The molecule has 3 nitrogen and oxygen atoms in total. The maximum atomic E-state index is 5.35. The topological polar surface area (TPSA) is 31.4 Å². The Labute approximate surface area is 78.7 Å². The molecule has 0 aromatic carbocycles. The first kappa shape index (κ1) is 9.99. The van der Waals surface area contributed by atoms with Gasteiger partial charge in [0.25, 0.3) is 0 Å². The molecule has 0 atom stereocenters. The van der Waals surface area contributed by atoms with Crippen molar-refractivity contribution >= 4 is 0 Å². The van der Waals surface area contributed by atoms with Crippen LogP contribution in [0.1, 0.15) is 18.3 Å². The van der Waals surface area contributed by atoms with E-state index in [0.29, 0.717) is 0 Å². The largest absolute Gasteiger partial charge is 0.466 e. The minimum atomic E-state index is 0.276. The maximum Gasteiger partial charge on any atom is 0.188 e. The van der Waals surface area contributed by atoms with Crippen LogP contribution in [-0.4, -0.2) is 18.9 Å². The molecule has 3 heteroatoms. The quantitative estimate of drug-likeness (QED) is 0.665. The zero-order valence-corrected chi connectivity index (χ0v) is 8.33. The lowest BCUT2D eigenvalue weighted by Crippen LogP contribution is -2.03. The molecule has 0 spiro atoms. The maximum absolute atomic E-state index is 5.35. The third-order valence-corrected chi connectivity index (χ3v) is 1.74. The molecule has 0 aliphatic carbocycles. The van der Waals surface area contributed by atoms with E-state index < -0.39 is 0 Å². The number of ether oxygens (including phenoxy) is 2. The van der Waals surface area contributed by atoms with Crippen molar-refractivity contribution in [2.24, 2.45) is 0 Å². The fraction of sp³-hybridized carbons (Fsp3) is 0.500. The lowest BCUT2D eigenvalue weighted by molar-refractivity contribution is 0.0501. The number of pyridine rings is 1. The summed E-state index contributed by atoms with van der Waals surface area (Å²) in [4.78, 5) is 4.36. The van der Waals surface area contributed by atoms with E-state index in [2.05, 4.69) is 11.9 Å². The second kappa shape index (κ2) is 4.82. The monoisotopic (exact) mass is 181 g/mol. The number of rotatable bonds is 4. The molecule has 0 bridgehead atoms. The summed E-state index contributed by atoms with van der Waals surface area (Å²) in [5.41, 5.74) is 2.00. The van der Waals surface area contributed by atoms with Crippen molar-refractivity contribution in [3.63, 3.8) is 0 Å². The molecule has 0 radical (unpaired) electrons. The van der Waals surface area contributed by atoms with Crippen LogP contribution >= 0.6 is 0 Å². The van der Waals surface area contributed by atoms with Gasteiger partial charge in [-0.1, -0.05) is 6.92 Å². The van der Waals surface area contributed by atoms with Crippen molar-refractivity contribution < 1.29 is 9.47 Å². The summed E-state index contributed by atoms with van der Waals surface area (Å²) in [5.74, 6) is 0.815. The van der Waals surface area contributed by atoms with Gasteiger partial charge >= 0.3 is 0 Å². The summed E-state index contributed by atoms with van der Waals surface area (Å²) in [6, 6.07) is 3.87. The zero-order chi connectivity index (χ0) is 9.68. The highest BCUT2D eigenvalue weighted by Crippen LogP contribution is 2.17. The minimum absolute atomic E-state index is 0.276. The molecular weight excluding hydrogens is 166 g/mol. The highest BCUT2D eigenvalue weighted by atomic mass is 16.7. The number of methoxy groups -OCH3 is 1. The number of hydrogen-bond donors (Lipinski definition) is 0. The summed E-state index contributed by atoms with van der Waals surface area (Å²) < 4.78 is 10.2. The highest BCUT2D eigenvalue weighted by Gasteiger charge is 2.02. The zero-order valence-electron chi connectivity index (χ0n) is 8.33. The molecule has 0 aliphatic heterocycles. The van der Waals surface area contributed by atoms with Gasteiger partial charge in [0.15, 0.2) is 6.79 Å². The van der Waals surface area contributed by atoms with Crippen LogP contribution in [0.4, 0.5) is 0 Å². The SMILES string of the molecule is CCc1nc(C)ccc1OCOC. The molecule has 72 valence electrons. The molecule has 0 aliphatic rings. The van der Waals surface area contributed by atoms with E-state index in [9.17, 15) is 0 Å². The van der Waals surface area contributed by atoms with Gasteiger partial charge in [-0.05, 0) is 25.5 Å². The van der Waals surface area contributed by atoms with Crippen LogP contribution in [0.2, 0.25) is 0 Å². The van der Waals surface area contributed by atoms with E-state index in [1.54, 1.807) is 7.11 Å². The Kier molecular flexibility index (Phi) is 3.71. The highest BCUT2D eigenvalue weighted by molar-refractivity contribution is 5.28. The fourth-order valence-corrected chi connectivity index (χ4v) is 1.10. The van der Waals surface area contributed by atoms with Gasteiger partial charge in [0.05, 0.1) is 5.69 Å². The molecule has 0 unspecified atom stereocenters. The van der Waals surface area contributed by atoms with Crippen LogP contribution in [0, 0.1) is 6.92 Å². The lowest BCUT2D eigenvalue weighted by atomic mass is 10.2. The molecule has 13 heavy (non-hydrogen) atoms. The Morgan fingerprint density at radius 3 is 2.77 bits per heavy atom. The van der Waals surface area contributed by atoms with Gasteiger partial charge in [-0.3, -0.25) is 4.98 Å². The van der Waals surface area contributed by atoms with Crippen molar-refractivity contribution in [3.05, 3.63) is 23.5 Å². The lowest BCUT2D eigenvalue weighted by Gasteiger charge is -2.08. The molecule has 1 aromatic rings. The third-order valence-electron chi connectivity index (χ3n) is 1.74. The number of hydrogen-bond acceptors (Lipinski definition) is 3. The van der Waals surface area contributed by atoms with Gasteiger partial charge < -0.3 is 9.47 Å². The van der Waals surface area contributed by atoms with Crippen LogP contribution < -0.4 is 4.74 Å². The molecule has 0 saturated heterocycles. The first-order valence-electron chi connectivity index (χ1n) is 4.36. The Balaban J connectivity index is 2.79. The van der Waals surface area contributed by atoms with Crippen LogP contribution in [0.15, 0.2) is 12.1 Å². The van der Waals surface area contributed by atoms with Gasteiger partial charge in [0.1, 0.15) is 5.75 Å². The number of nitrogens with zero attached hydrogens (tertiary/aromatic N) is 1. The summed E-state index contributed by atoms with van der Waals surface area (Å²) >= 11 is 0. The van der Waals surface area contributed by atoms with Gasteiger partial charge in [0.2, 0.25) is 0 Å². The van der Waals surface area contributed by atoms with Crippen LogP contribution in [-0.2, 0) is 11.2 Å². The van der Waals surface area contributed by atoms with E-state index in [1.807, 2.05) is 19.1 Å². The summed E-state index contributed by atoms with van der Waals surface area (Å²) in [5, 5.41) is 0. The average Bonchev–Trinajstić information content (AvgIpc) is 2.16. The first-order valence-corrected chi connectivity index (χ1v) is 4.36. The molecule has 1 rings (SSSR count). The predicted octanol–water partition coefficient (Wildman–Crippen LogP) is 1.94. The molecule has 0 fully saturated rings. The van der Waals surface area contributed by atoms with Gasteiger partial charge in [0, 0.05) is 12.8 Å². The molecule has 0 amide bonds. The number of aromatic nitrogens is 1. The van der Waals surface area contributed by atoms with E-state index in [0.717, 1.165) is 23.6 Å². The van der Waals surface area contributed by atoms with E-state index in [-0.39, 0.29) is 6.79 Å². The molecule has 0 N–H and O–H groups in total. The number of aryl methyl sites for hydroxylation is 2.